The van der Waals surface area contributed by atoms with Gasteiger partial charge in [-0.1, -0.05) is 16.8 Å². The van der Waals surface area contributed by atoms with E-state index in [0.717, 1.165) is 24.5 Å². The van der Waals surface area contributed by atoms with Gasteiger partial charge in [0.1, 0.15) is 11.6 Å². The van der Waals surface area contributed by atoms with Gasteiger partial charge >= 0.3 is 6.03 Å². The second-order valence-corrected chi connectivity index (χ2v) is 6.18. The van der Waals surface area contributed by atoms with Crippen LogP contribution in [-0.4, -0.2) is 47.2 Å². The van der Waals surface area contributed by atoms with E-state index >= 15 is 0 Å². The average Bonchev–Trinajstić information content (AvgIpc) is 2.96. The molecule has 2 heterocycles. The highest BCUT2D eigenvalue weighted by atomic mass is 35.5. The first-order chi connectivity index (χ1) is 11.5. The van der Waals surface area contributed by atoms with Gasteiger partial charge in [-0.2, -0.15) is 0 Å². The van der Waals surface area contributed by atoms with Crippen LogP contribution in [0.2, 0.25) is 5.02 Å². The third kappa shape index (κ3) is 4.04. The summed E-state index contributed by atoms with van der Waals surface area (Å²) in [6.07, 6.45) is 0. The van der Waals surface area contributed by atoms with Gasteiger partial charge in [-0.3, -0.25) is 4.90 Å². The van der Waals surface area contributed by atoms with Crippen LogP contribution >= 0.6 is 11.6 Å². The zero-order valence-corrected chi connectivity index (χ0v) is 14.0. The molecule has 8 heteroatoms. The lowest BCUT2D eigenvalue weighted by molar-refractivity contribution is 0.141. The van der Waals surface area contributed by atoms with Gasteiger partial charge in [-0.25, -0.2) is 9.18 Å². The fourth-order valence-electron chi connectivity index (χ4n) is 2.62. The van der Waals surface area contributed by atoms with Gasteiger partial charge in [0.2, 0.25) is 0 Å². The lowest BCUT2D eigenvalue weighted by Gasteiger charge is -2.34. The Morgan fingerprint density at radius 1 is 1.33 bits per heavy atom. The summed E-state index contributed by atoms with van der Waals surface area (Å²) in [6.45, 7) is 5.11. The minimum absolute atomic E-state index is 0.0907. The summed E-state index contributed by atoms with van der Waals surface area (Å²) in [6, 6.07) is 5.65. The van der Waals surface area contributed by atoms with Gasteiger partial charge in [0.05, 0.1) is 11.4 Å². The van der Waals surface area contributed by atoms with Gasteiger partial charge in [0.15, 0.2) is 0 Å². The standard InChI is InChI=1S/C16H18ClFN4O2/c1-11-8-13(20-24-11)10-21-4-6-22(7-5-21)16(23)19-15-9-12(17)2-3-14(15)18/h2-3,8-9H,4-7,10H2,1H3,(H,19,23). The predicted octanol–water partition coefficient (Wildman–Crippen LogP) is 3.13. The van der Waals surface area contributed by atoms with Crippen LogP contribution in [0.3, 0.4) is 0 Å². The largest absolute Gasteiger partial charge is 0.361 e. The number of benzene rings is 1. The monoisotopic (exact) mass is 352 g/mol. The van der Waals surface area contributed by atoms with E-state index in [1.807, 2.05) is 13.0 Å². The maximum Gasteiger partial charge on any atom is 0.322 e. The van der Waals surface area contributed by atoms with Crippen molar-refractivity contribution in [1.29, 1.82) is 0 Å². The van der Waals surface area contributed by atoms with Gasteiger partial charge in [-0.15, -0.1) is 0 Å². The molecule has 3 rings (SSSR count). The summed E-state index contributed by atoms with van der Waals surface area (Å²) >= 11 is 5.83. The van der Waals surface area contributed by atoms with Crippen LogP contribution in [-0.2, 0) is 6.54 Å². The zero-order valence-electron chi connectivity index (χ0n) is 13.3. The Labute approximate surface area is 144 Å². The summed E-state index contributed by atoms with van der Waals surface area (Å²) in [7, 11) is 0. The minimum atomic E-state index is -0.507. The molecular formula is C16H18ClFN4O2. The number of halogens is 2. The molecule has 0 saturated carbocycles. The van der Waals surface area contributed by atoms with Gasteiger partial charge in [0, 0.05) is 43.8 Å². The van der Waals surface area contributed by atoms with Crippen molar-refractivity contribution in [2.75, 3.05) is 31.5 Å². The first-order valence-corrected chi connectivity index (χ1v) is 8.04. The smallest absolute Gasteiger partial charge is 0.322 e. The molecule has 2 amide bonds. The summed E-state index contributed by atoms with van der Waals surface area (Å²) < 4.78 is 18.7. The molecule has 0 unspecified atom stereocenters. The Bertz CT molecular complexity index is 729. The SMILES string of the molecule is Cc1cc(CN2CCN(C(=O)Nc3cc(Cl)ccc3F)CC2)no1. The van der Waals surface area contributed by atoms with E-state index in [9.17, 15) is 9.18 Å². The Morgan fingerprint density at radius 2 is 2.08 bits per heavy atom. The summed E-state index contributed by atoms with van der Waals surface area (Å²) in [5, 5.41) is 6.92. The molecule has 2 aromatic rings. The highest BCUT2D eigenvalue weighted by Crippen LogP contribution is 2.20. The highest BCUT2D eigenvalue weighted by molar-refractivity contribution is 6.30. The zero-order chi connectivity index (χ0) is 17.1. The topological polar surface area (TPSA) is 61.6 Å². The molecule has 6 nitrogen and oxygen atoms in total. The molecule has 0 aliphatic carbocycles. The van der Waals surface area contributed by atoms with Crippen molar-refractivity contribution in [3.05, 3.63) is 46.6 Å². The number of carbonyl (C=O) groups is 1. The van der Waals surface area contributed by atoms with E-state index in [1.54, 1.807) is 4.90 Å². The fourth-order valence-corrected chi connectivity index (χ4v) is 2.79. The highest BCUT2D eigenvalue weighted by Gasteiger charge is 2.22. The summed E-state index contributed by atoms with van der Waals surface area (Å²) in [5.74, 6) is 0.277. The second-order valence-electron chi connectivity index (χ2n) is 5.75. The first-order valence-electron chi connectivity index (χ1n) is 7.67. The Hall–Kier alpha value is -2.12. The van der Waals surface area contributed by atoms with E-state index in [4.69, 9.17) is 16.1 Å². The molecule has 1 fully saturated rings. The number of piperazine rings is 1. The molecule has 1 aliphatic heterocycles. The number of anilines is 1. The molecule has 0 atom stereocenters. The van der Waals surface area contributed by atoms with Crippen LogP contribution in [0.5, 0.6) is 0 Å². The molecule has 1 aliphatic rings. The van der Waals surface area contributed by atoms with Crippen molar-refractivity contribution in [2.24, 2.45) is 0 Å². The summed E-state index contributed by atoms with van der Waals surface area (Å²) in [5.41, 5.74) is 0.972. The van der Waals surface area contributed by atoms with Crippen LogP contribution in [0.25, 0.3) is 0 Å². The number of nitrogens with zero attached hydrogens (tertiary/aromatic N) is 3. The van der Waals surface area contributed by atoms with E-state index < -0.39 is 5.82 Å². The number of hydrogen-bond donors (Lipinski definition) is 1. The Morgan fingerprint density at radius 3 is 2.75 bits per heavy atom. The third-order valence-corrected chi connectivity index (χ3v) is 4.13. The number of urea groups is 1. The normalized spacial score (nSPS) is 15.5. The number of rotatable bonds is 3. The van der Waals surface area contributed by atoms with Crippen molar-refractivity contribution in [3.8, 4) is 0 Å². The Balaban J connectivity index is 1.52. The van der Waals surface area contributed by atoms with Crippen molar-refractivity contribution < 1.29 is 13.7 Å². The van der Waals surface area contributed by atoms with Crippen LogP contribution in [0, 0.1) is 12.7 Å². The molecule has 0 bridgehead atoms. The molecule has 1 aromatic carbocycles. The third-order valence-electron chi connectivity index (χ3n) is 3.89. The van der Waals surface area contributed by atoms with E-state index in [-0.39, 0.29) is 11.7 Å². The number of amides is 2. The molecule has 1 aromatic heterocycles. The van der Waals surface area contributed by atoms with Gasteiger partial charge in [-0.05, 0) is 25.1 Å². The molecule has 24 heavy (non-hydrogen) atoms. The molecule has 128 valence electrons. The van der Waals surface area contributed by atoms with Gasteiger partial charge in [0.25, 0.3) is 0 Å². The number of hydrogen-bond acceptors (Lipinski definition) is 4. The lowest BCUT2D eigenvalue weighted by atomic mass is 10.3. The summed E-state index contributed by atoms with van der Waals surface area (Å²) in [4.78, 5) is 16.1. The van der Waals surface area contributed by atoms with Crippen LogP contribution < -0.4 is 5.32 Å². The van der Waals surface area contributed by atoms with Crippen LogP contribution in [0.1, 0.15) is 11.5 Å². The van der Waals surface area contributed by atoms with E-state index in [1.165, 1.54) is 18.2 Å². The van der Waals surface area contributed by atoms with Crippen molar-refractivity contribution in [2.45, 2.75) is 13.5 Å². The minimum Gasteiger partial charge on any atom is -0.361 e. The lowest BCUT2D eigenvalue weighted by Crippen LogP contribution is -2.49. The van der Waals surface area contributed by atoms with Crippen LogP contribution in [0.4, 0.5) is 14.9 Å². The number of aromatic nitrogens is 1. The number of aryl methyl sites for hydroxylation is 1. The van der Waals surface area contributed by atoms with Crippen molar-refractivity contribution in [3.63, 3.8) is 0 Å². The Kier molecular flexibility index (Phi) is 5.01. The molecule has 0 radical (unpaired) electrons. The first kappa shape index (κ1) is 16.7. The van der Waals surface area contributed by atoms with E-state index in [0.29, 0.717) is 24.7 Å². The fraction of sp³-hybridized carbons (Fsp3) is 0.375. The maximum atomic E-state index is 13.7. The predicted molar refractivity (Wildman–Crippen MR) is 88.5 cm³/mol. The molecule has 1 saturated heterocycles. The number of nitrogens with one attached hydrogen (secondary N) is 1. The van der Waals surface area contributed by atoms with Crippen molar-refractivity contribution >= 4 is 23.3 Å². The molecule has 0 spiro atoms. The van der Waals surface area contributed by atoms with Gasteiger partial charge < -0.3 is 14.7 Å². The quantitative estimate of drug-likeness (QED) is 0.922. The maximum absolute atomic E-state index is 13.7. The molecule has 1 N–H and O–H groups in total. The van der Waals surface area contributed by atoms with Crippen molar-refractivity contribution in [1.82, 2.24) is 15.0 Å². The number of carbonyl (C=O) groups excluding carboxylic acids is 1. The van der Waals surface area contributed by atoms with E-state index in [2.05, 4.69) is 15.4 Å². The van der Waals surface area contributed by atoms with Crippen LogP contribution in [0.15, 0.2) is 28.8 Å². The molecular weight excluding hydrogens is 335 g/mol. The average molecular weight is 353 g/mol. The second kappa shape index (κ2) is 7.19.